The van der Waals surface area contributed by atoms with Gasteiger partial charge in [-0.3, -0.25) is 4.90 Å². The van der Waals surface area contributed by atoms with Gasteiger partial charge in [-0.2, -0.15) is 0 Å². The van der Waals surface area contributed by atoms with Crippen LogP contribution >= 0.6 is 0 Å². The minimum absolute atomic E-state index is 0.344. The Kier molecular flexibility index (Phi) is 4.69. The summed E-state index contributed by atoms with van der Waals surface area (Å²) in [6.45, 7) is 8.98. The number of nitrogens with one attached hydrogen (secondary N) is 1. The normalized spacial score (nSPS) is 12.5. The lowest BCUT2D eigenvalue weighted by molar-refractivity contribution is 0.153. The Morgan fingerprint density at radius 2 is 1.91 bits per heavy atom. The molecule has 0 spiro atoms. The number of hydrogen-bond acceptors (Lipinski definition) is 2. The molecule has 0 fully saturated rings. The van der Waals surface area contributed by atoms with Crippen LogP contribution in [-0.2, 0) is 0 Å². The van der Waals surface area contributed by atoms with Crippen molar-refractivity contribution in [2.45, 2.75) is 32.7 Å². The maximum absolute atomic E-state index is 3.15. The molecule has 0 bridgehead atoms. The third-order valence-corrected chi connectivity index (χ3v) is 2.60. The van der Waals surface area contributed by atoms with Gasteiger partial charge in [-0.25, -0.2) is 0 Å². The smallest absolute Gasteiger partial charge is 0.0148 e. The summed E-state index contributed by atoms with van der Waals surface area (Å²) >= 11 is 0. The van der Waals surface area contributed by atoms with Crippen LogP contribution in [0, 0.1) is 0 Å². The van der Waals surface area contributed by atoms with Crippen molar-refractivity contribution in [1.82, 2.24) is 10.2 Å². The maximum atomic E-state index is 3.15. The lowest BCUT2D eigenvalue weighted by Crippen LogP contribution is -2.43. The highest BCUT2D eigenvalue weighted by Gasteiger charge is 2.19. The zero-order valence-corrected chi connectivity index (χ0v) is 8.57. The van der Waals surface area contributed by atoms with E-state index in [0.29, 0.717) is 5.54 Å². The SMILES string of the molecule is CCC(C)(C)N(C)CCNC. The molecule has 11 heavy (non-hydrogen) atoms. The molecule has 0 aromatic rings. The van der Waals surface area contributed by atoms with Crippen LogP contribution in [0.5, 0.6) is 0 Å². The van der Waals surface area contributed by atoms with E-state index in [4.69, 9.17) is 0 Å². The standard InChI is InChI=1S/C9H22N2/c1-6-9(2,3)11(5)8-7-10-4/h10H,6-8H2,1-5H3. The zero-order chi connectivity index (χ0) is 8.91. The molecule has 0 saturated heterocycles. The summed E-state index contributed by atoms with van der Waals surface area (Å²) in [6.07, 6.45) is 1.20. The van der Waals surface area contributed by atoms with Crippen molar-refractivity contribution in [3.63, 3.8) is 0 Å². The van der Waals surface area contributed by atoms with Crippen LogP contribution in [0.15, 0.2) is 0 Å². The van der Waals surface area contributed by atoms with Crippen molar-refractivity contribution in [2.75, 3.05) is 27.2 Å². The third kappa shape index (κ3) is 3.73. The van der Waals surface area contributed by atoms with E-state index < -0.39 is 0 Å². The third-order valence-electron chi connectivity index (χ3n) is 2.60. The van der Waals surface area contributed by atoms with Crippen molar-refractivity contribution in [3.8, 4) is 0 Å². The average molecular weight is 158 g/mol. The maximum Gasteiger partial charge on any atom is 0.0148 e. The fourth-order valence-corrected chi connectivity index (χ4v) is 0.852. The van der Waals surface area contributed by atoms with Crippen LogP contribution in [0.4, 0.5) is 0 Å². The molecule has 0 aliphatic carbocycles. The summed E-state index contributed by atoms with van der Waals surface area (Å²) < 4.78 is 0. The molecule has 0 amide bonds. The van der Waals surface area contributed by atoms with E-state index in [1.54, 1.807) is 0 Å². The number of nitrogens with zero attached hydrogens (tertiary/aromatic N) is 1. The molecule has 0 heterocycles. The van der Waals surface area contributed by atoms with Crippen LogP contribution in [0.1, 0.15) is 27.2 Å². The molecular formula is C9H22N2. The molecule has 0 saturated carbocycles. The van der Waals surface area contributed by atoms with E-state index in [1.807, 2.05) is 7.05 Å². The summed E-state index contributed by atoms with van der Waals surface area (Å²) in [6, 6.07) is 0. The van der Waals surface area contributed by atoms with Gasteiger partial charge in [-0.15, -0.1) is 0 Å². The molecule has 0 atom stereocenters. The van der Waals surface area contributed by atoms with Crippen LogP contribution in [0.2, 0.25) is 0 Å². The van der Waals surface area contributed by atoms with Crippen LogP contribution in [-0.4, -0.2) is 37.6 Å². The second kappa shape index (κ2) is 4.73. The van der Waals surface area contributed by atoms with Crippen LogP contribution in [0.25, 0.3) is 0 Å². The van der Waals surface area contributed by atoms with Gasteiger partial charge in [0.2, 0.25) is 0 Å². The monoisotopic (exact) mass is 158 g/mol. The van der Waals surface area contributed by atoms with E-state index in [-0.39, 0.29) is 0 Å². The first-order valence-corrected chi connectivity index (χ1v) is 4.40. The van der Waals surface area contributed by atoms with Gasteiger partial charge in [0.1, 0.15) is 0 Å². The van der Waals surface area contributed by atoms with Crippen molar-refractivity contribution in [3.05, 3.63) is 0 Å². The van der Waals surface area contributed by atoms with Gasteiger partial charge in [0.05, 0.1) is 0 Å². The molecule has 0 aromatic carbocycles. The fraction of sp³-hybridized carbons (Fsp3) is 1.00. The van der Waals surface area contributed by atoms with Crippen molar-refractivity contribution in [1.29, 1.82) is 0 Å². The number of rotatable bonds is 5. The summed E-state index contributed by atoms with van der Waals surface area (Å²) in [7, 11) is 4.17. The average Bonchev–Trinajstić information content (AvgIpc) is 2.00. The Hall–Kier alpha value is -0.0800. The van der Waals surface area contributed by atoms with E-state index in [9.17, 15) is 0 Å². The Labute approximate surface area is 71.0 Å². The second-order valence-corrected chi connectivity index (χ2v) is 3.69. The first-order chi connectivity index (χ1) is 5.04. The highest BCUT2D eigenvalue weighted by molar-refractivity contribution is 4.77. The van der Waals surface area contributed by atoms with E-state index in [1.165, 1.54) is 6.42 Å². The number of likely N-dealkylation sites (N-methyl/N-ethyl adjacent to an activating group) is 2. The van der Waals surface area contributed by atoms with E-state index >= 15 is 0 Å². The van der Waals surface area contributed by atoms with Gasteiger partial charge < -0.3 is 5.32 Å². The van der Waals surface area contributed by atoms with Gasteiger partial charge in [0.15, 0.2) is 0 Å². The molecule has 2 heteroatoms. The van der Waals surface area contributed by atoms with Gasteiger partial charge >= 0.3 is 0 Å². The van der Waals surface area contributed by atoms with Crippen molar-refractivity contribution < 1.29 is 0 Å². The Morgan fingerprint density at radius 1 is 1.36 bits per heavy atom. The quantitative estimate of drug-likeness (QED) is 0.649. The van der Waals surface area contributed by atoms with Gasteiger partial charge in [-0.05, 0) is 34.4 Å². The lowest BCUT2D eigenvalue weighted by Gasteiger charge is -2.34. The minimum Gasteiger partial charge on any atom is -0.318 e. The predicted molar refractivity (Wildman–Crippen MR) is 50.9 cm³/mol. The van der Waals surface area contributed by atoms with Crippen molar-refractivity contribution in [2.24, 2.45) is 0 Å². The predicted octanol–water partition coefficient (Wildman–Crippen LogP) is 1.33. The fourth-order valence-electron chi connectivity index (χ4n) is 0.852. The van der Waals surface area contributed by atoms with E-state index in [2.05, 4.69) is 38.0 Å². The first kappa shape index (κ1) is 10.9. The molecule has 0 aliphatic heterocycles. The number of hydrogen-bond donors (Lipinski definition) is 1. The highest BCUT2D eigenvalue weighted by atomic mass is 15.2. The Balaban J connectivity index is 3.71. The molecule has 1 N–H and O–H groups in total. The molecule has 0 aliphatic rings. The highest BCUT2D eigenvalue weighted by Crippen LogP contribution is 2.14. The lowest BCUT2D eigenvalue weighted by atomic mass is 10.0. The second-order valence-electron chi connectivity index (χ2n) is 3.69. The molecule has 0 aromatic heterocycles. The minimum atomic E-state index is 0.344. The molecule has 0 unspecified atom stereocenters. The van der Waals surface area contributed by atoms with E-state index in [0.717, 1.165) is 13.1 Å². The Morgan fingerprint density at radius 3 is 2.27 bits per heavy atom. The van der Waals surface area contributed by atoms with Gasteiger partial charge in [-0.1, -0.05) is 6.92 Å². The first-order valence-electron chi connectivity index (χ1n) is 4.40. The summed E-state index contributed by atoms with van der Waals surface area (Å²) in [4.78, 5) is 2.39. The largest absolute Gasteiger partial charge is 0.318 e. The molecular weight excluding hydrogens is 136 g/mol. The summed E-state index contributed by atoms with van der Waals surface area (Å²) in [5.41, 5.74) is 0.344. The van der Waals surface area contributed by atoms with Crippen LogP contribution in [0.3, 0.4) is 0 Å². The molecule has 2 nitrogen and oxygen atoms in total. The molecule has 68 valence electrons. The molecule has 0 radical (unpaired) electrons. The van der Waals surface area contributed by atoms with Crippen LogP contribution < -0.4 is 5.32 Å². The zero-order valence-electron chi connectivity index (χ0n) is 8.57. The molecule has 0 rings (SSSR count). The Bertz CT molecular complexity index is 99.7. The van der Waals surface area contributed by atoms with Gasteiger partial charge in [0, 0.05) is 18.6 Å². The summed E-state index contributed by atoms with van der Waals surface area (Å²) in [5.74, 6) is 0. The summed E-state index contributed by atoms with van der Waals surface area (Å²) in [5, 5.41) is 3.15. The van der Waals surface area contributed by atoms with Gasteiger partial charge in [0.25, 0.3) is 0 Å². The topological polar surface area (TPSA) is 15.3 Å². The van der Waals surface area contributed by atoms with Crippen molar-refractivity contribution >= 4 is 0 Å².